The zero-order valence-electron chi connectivity index (χ0n) is 11.2. The smallest absolute Gasteiger partial charge is 0.227 e. The van der Waals surface area contributed by atoms with Crippen molar-refractivity contribution in [2.45, 2.75) is 0 Å². The quantitative estimate of drug-likeness (QED) is 0.723. The number of hydrogen-bond donors (Lipinski definition) is 1. The van der Waals surface area contributed by atoms with Crippen molar-refractivity contribution in [1.82, 2.24) is 4.98 Å². The van der Waals surface area contributed by atoms with Gasteiger partial charge < -0.3 is 15.1 Å². The van der Waals surface area contributed by atoms with Gasteiger partial charge in [0.1, 0.15) is 5.52 Å². The summed E-state index contributed by atoms with van der Waals surface area (Å²) in [6.45, 7) is 0. The van der Waals surface area contributed by atoms with E-state index in [0.29, 0.717) is 11.6 Å². The molecule has 0 saturated carbocycles. The highest BCUT2D eigenvalue weighted by atomic mass is 79.9. The molecule has 5 heteroatoms. The fourth-order valence-corrected chi connectivity index (χ4v) is 2.80. The van der Waals surface area contributed by atoms with E-state index in [-0.39, 0.29) is 0 Å². The summed E-state index contributed by atoms with van der Waals surface area (Å²) in [6, 6.07) is 11.5. The molecule has 2 N–H and O–H groups in total. The number of halogens is 1. The van der Waals surface area contributed by atoms with Gasteiger partial charge in [-0.2, -0.15) is 0 Å². The van der Waals surface area contributed by atoms with Crippen LogP contribution in [0.1, 0.15) is 0 Å². The summed E-state index contributed by atoms with van der Waals surface area (Å²) in [7, 11) is 4.00. The Bertz CT molecular complexity index is 780. The normalized spacial score (nSPS) is 10.9. The molecule has 3 aromatic rings. The van der Waals surface area contributed by atoms with Crippen LogP contribution >= 0.6 is 15.9 Å². The lowest BCUT2D eigenvalue weighted by atomic mass is 10.2. The fourth-order valence-electron chi connectivity index (χ4n) is 2.07. The minimum Gasteiger partial charge on any atom is -0.436 e. The molecule has 1 aromatic heterocycles. The lowest BCUT2D eigenvalue weighted by Gasteiger charge is -2.14. The molecule has 20 heavy (non-hydrogen) atoms. The minimum atomic E-state index is 0.594. The second-order valence-electron chi connectivity index (χ2n) is 4.81. The minimum absolute atomic E-state index is 0.594. The second-order valence-corrected chi connectivity index (χ2v) is 5.66. The van der Waals surface area contributed by atoms with Crippen molar-refractivity contribution in [3.8, 4) is 11.5 Å². The number of nitrogens with two attached hydrogens (primary N) is 1. The highest BCUT2D eigenvalue weighted by Gasteiger charge is 2.11. The Morgan fingerprint density at radius 1 is 1.15 bits per heavy atom. The van der Waals surface area contributed by atoms with Gasteiger partial charge in [0.2, 0.25) is 5.89 Å². The molecule has 0 aliphatic heterocycles. The number of nitrogen functional groups attached to an aromatic ring is 1. The Morgan fingerprint density at radius 2 is 1.95 bits per heavy atom. The number of benzene rings is 2. The van der Waals surface area contributed by atoms with Crippen molar-refractivity contribution >= 4 is 38.4 Å². The molecule has 0 radical (unpaired) electrons. The maximum Gasteiger partial charge on any atom is 0.227 e. The third kappa shape index (κ3) is 2.25. The second kappa shape index (κ2) is 4.83. The third-order valence-corrected chi connectivity index (χ3v) is 3.72. The molecule has 0 atom stereocenters. The van der Waals surface area contributed by atoms with Crippen molar-refractivity contribution in [3.05, 3.63) is 40.9 Å². The average Bonchev–Trinajstić information content (AvgIpc) is 2.81. The lowest BCUT2D eigenvalue weighted by molar-refractivity contribution is 0.620. The van der Waals surface area contributed by atoms with Gasteiger partial charge in [-0.1, -0.05) is 0 Å². The molecule has 0 unspecified atom stereocenters. The molecule has 102 valence electrons. The van der Waals surface area contributed by atoms with Gasteiger partial charge in [-0.15, -0.1) is 0 Å². The Hall–Kier alpha value is -2.01. The zero-order valence-corrected chi connectivity index (χ0v) is 12.8. The average molecular weight is 332 g/mol. The van der Waals surface area contributed by atoms with Crippen LogP contribution < -0.4 is 10.6 Å². The van der Waals surface area contributed by atoms with Crippen LogP contribution in [0.25, 0.3) is 22.6 Å². The monoisotopic (exact) mass is 331 g/mol. The molecule has 0 spiro atoms. The van der Waals surface area contributed by atoms with Crippen LogP contribution in [0.5, 0.6) is 0 Å². The van der Waals surface area contributed by atoms with Gasteiger partial charge in [0.15, 0.2) is 5.58 Å². The Morgan fingerprint density at radius 3 is 2.65 bits per heavy atom. The zero-order chi connectivity index (χ0) is 14.3. The number of hydrogen-bond acceptors (Lipinski definition) is 4. The number of rotatable bonds is 2. The third-order valence-electron chi connectivity index (χ3n) is 3.09. The van der Waals surface area contributed by atoms with Crippen LogP contribution in [0.2, 0.25) is 0 Å². The maximum atomic E-state index is 5.76. The van der Waals surface area contributed by atoms with Crippen molar-refractivity contribution in [2.24, 2.45) is 0 Å². The molecule has 4 nitrogen and oxygen atoms in total. The molecule has 0 saturated heterocycles. The lowest BCUT2D eigenvalue weighted by Crippen LogP contribution is -2.09. The standard InChI is InChI=1S/C15H14BrN3O/c1-19(2)13-5-3-9(7-11(13)16)15-18-12-8-10(17)4-6-14(12)20-15/h3-8H,17H2,1-2H3. The number of aromatic nitrogens is 1. The van der Waals surface area contributed by atoms with E-state index in [1.54, 1.807) is 0 Å². The predicted molar refractivity (Wildman–Crippen MR) is 85.9 cm³/mol. The van der Waals surface area contributed by atoms with Crippen molar-refractivity contribution in [3.63, 3.8) is 0 Å². The van der Waals surface area contributed by atoms with Gasteiger partial charge in [0.25, 0.3) is 0 Å². The van der Waals surface area contributed by atoms with E-state index >= 15 is 0 Å². The van der Waals surface area contributed by atoms with Gasteiger partial charge in [-0.3, -0.25) is 0 Å². The van der Waals surface area contributed by atoms with E-state index in [1.807, 2.05) is 55.4 Å². The van der Waals surface area contributed by atoms with Crippen LogP contribution in [0.4, 0.5) is 11.4 Å². The van der Waals surface area contributed by atoms with Gasteiger partial charge in [-0.05, 0) is 52.3 Å². The van der Waals surface area contributed by atoms with E-state index in [4.69, 9.17) is 10.2 Å². The first kappa shape index (κ1) is 13.0. The molecular weight excluding hydrogens is 318 g/mol. The van der Waals surface area contributed by atoms with Crippen LogP contribution in [-0.2, 0) is 0 Å². The SMILES string of the molecule is CN(C)c1ccc(-c2nc3cc(N)ccc3o2)cc1Br. The van der Waals surface area contributed by atoms with E-state index in [9.17, 15) is 0 Å². The summed E-state index contributed by atoms with van der Waals surface area (Å²) < 4.78 is 6.76. The predicted octanol–water partition coefficient (Wildman–Crippen LogP) is 3.91. The largest absolute Gasteiger partial charge is 0.436 e. The molecule has 0 amide bonds. The molecule has 1 heterocycles. The summed E-state index contributed by atoms with van der Waals surface area (Å²) in [5.74, 6) is 0.594. The summed E-state index contributed by atoms with van der Waals surface area (Å²) >= 11 is 3.57. The van der Waals surface area contributed by atoms with Crippen molar-refractivity contribution in [2.75, 3.05) is 24.7 Å². The van der Waals surface area contributed by atoms with Gasteiger partial charge in [0, 0.05) is 29.8 Å². The van der Waals surface area contributed by atoms with Crippen LogP contribution in [0, 0.1) is 0 Å². The van der Waals surface area contributed by atoms with E-state index in [2.05, 4.69) is 20.9 Å². The van der Waals surface area contributed by atoms with Crippen molar-refractivity contribution < 1.29 is 4.42 Å². The number of anilines is 2. The van der Waals surface area contributed by atoms with Gasteiger partial charge in [0.05, 0.1) is 5.69 Å². The van der Waals surface area contributed by atoms with Gasteiger partial charge in [-0.25, -0.2) is 4.98 Å². The highest BCUT2D eigenvalue weighted by molar-refractivity contribution is 9.10. The molecule has 0 fully saturated rings. The molecule has 3 rings (SSSR count). The van der Waals surface area contributed by atoms with Gasteiger partial charge >= 0.3 is 0 Å². The number of fused-ring (bicyclic) bond motifs is 1. The highest BCUT2D eigenvalue weighted by Crippen LogP contribution is 2.32. The molecule has 0 aliphatic carbocycles. The Labute approximate surface area is 125 Å². The fraction of sp³-hybridized carbons (Fsp3) is 0.133. The topological polar surface area (TPSA) is 55.3 Å². The van der Waals surface area contributed by atoms with E-state index < -0.39 is 0 Å². The van der Waals surface area contributed by atoms with Crippen LogP contribution in [0.15, 0.2) is 45.3 Å². The summed E-state index contributed by atoms with van der Waals surface area (Å²) in [6.07, 6.45) is 0. The Kier molecular flexibility index (Phi) is 3.14. The summed E-state index contributed by atoms with van der Waals surface area (Å²) in [4.78, 5) is 6.52. The first-order valence-electron chi connectivity index (χ1n) is 6.18. The molecule has 0 aliphatic rings. The van der Waals surface area contributed by atoms with Crippen molar-refractivity contribution in [1.29, 1.82) is 0 Å². The number of oxazole rings is 1. The Balaban J connectivity index is 2.08. The van der Waals surface area contributed by atoms with E-state index in [0.717, 1.165) is 26.8 Å². The first-order chi connectivity index (χ1) is 9.54. The molecular formula is C15H14BrN3O. The maximum absolute atomic E-state index is 5.76. The summed E-state index contributed by atoms with van der Waals surface area (Å²) in [5, 5.41) is 0. The van der Waals surface area contributed by atoms with E-state index in [1.165, 1.54) is 0 Å². The summed E-state index contributed by atoms with van der Waals surface area (Å²) in [5.41, 5.74) is 9.98. The first-order valence-corrected chi connectivity index (χ1v) is 6.97. The van der Waals surface area contributed by atoms with Crippen LogP contribution in [0.3, 0.4) is 0 Å². The number of nitrogens with zero attached hydrogens (tertiary/aromatic N) is 2. The van der Waals surface area contributed by atoms with Crippen LogP contribution in [-0.4, -0.2) is 19.1 Å². The molecule has 2 aromatic carbocycles. The molecule has 0 bridgehead atoms.